The monoisotopic (exact) mass is 344 g/mol. The molecule has 0 fully saturated rings. The molecule has 0 aliphatic heterocycles. The van der Waals surface area contributed by atoms with Gasteiger partial charge in [0.2, 0.25) is 0 Å². The van der Waals surface area contributed by atoms with E-state index in [1.807, 2.05) is 27.7 Å². The van der Waals surface area contributed by atoms with Crippen molar-refractivity contribution in [2.24, 2.45) is 10.2 Å². The molecule has 8 heteroatoms. The van der Waals surface area contributed by atoms with Gasteiger partial charge in [0.25, 0.3) is 5.69 Å². The zero-order valence-electron chi connectivity index (χ0n) is 15.2. The minimum atomic E-state index is -0.452. The number of azo groups is 1. The molecule has 2 N–H and O–H groups in total. The van der Waals surface area contributed by atoms with Gasteiger partial charge < -0.3 is 5.73 Å². The van der Waals surface area contributed by atoms with Crippen LogP contribution in [0.15, 0.2) is 34.5 Å². The second kappa shape index (κ2) is 7.00. The lowest BCUT2D eigenvalue weighted by Gasteiger charge is -2.15. The summed E-state index contributed by atoms with van der Waals surface area (Å²) in [5.74, 6) is 0.477. The summed E-state index contributed by atoms with van der Waals surface area (Å²) in [5, 5.41) is 23.8. The van der Waals surface area contributed by atoms with Crippen molar-refractivity contribution in [3.63, 3.8) is 0 Å². The van der Waals surface area contributed by atoms with Gasteiger partial charge >= 0.3 is 0 Å². The van der Waals surface area contributed by atoms with Gasteiger partial charge in [0.15, 0.2) is 5.69 Å². The Hall–Kier alpha value is -2.77. The summed E-state index contributed by atoms with van der Waals surface area (Å²) in [6.07, 6.45) is 0.897. The number of hydrogen-bond donors (Lipinski definition) is 1. The highest BCUT2D eigenvalue weighted by atomic mass is 16.6. The van der Waals surface area contributed by atoms with Crippen molar-refractivity contribution in [1.82, 2.24) is 9.78 Å². The molecule has 0 bridgehead atoms. The van der Waals surface area contributed by atoms with Gasteiger partial charge in [-0.05, 0) is 25.5 Å². The lowest BCUT2D eigenvalue weighted by Crippen LogP contribution is -2.14. The van der Waals surface area contributed by atoms with E-state index in [1.54, 1.807) is 16.8 Å². The van der Waals surface area contributed by atoms with Gasteiger partial charge in [0, 0.05) is 17.5 Å². The van der Waals surface area contributed by atoms with Crippen LogP contribution in [0.4, 0.5) is 22.9 Å². The first kappa shape index (κ1) is 18.6. The highest BCUT2D eigenvalue weighted by Gasteiger charge is 2.27. The molecule has 2 aromatic rings. The molecule has 1 aromatic carbocycles. The normalized spacial score (nSPS) is 13.3. The number of hydrogen-bond acceptors (Lipinski definition) is 6. The molecule has 0 spiro atoms. The van der Waals surface area contributed by atoms with Gasteiger partial charge in [0.05, 0.1) is 22.3 Å². The quantitative estimate of drug-likeness (QED) is 0.464. The van der Waals surface area contributed by atoms with Gasteiger partial charge in [-0.25, -0.2) is 4.68 Å². The molecule has 0 saturated carbocycles. The lowest BCUT2D eigenvalue weighted by atomic mass is 9.91. The zero-order valence-corrected chi connectivity index (χ0v) is 15.2. The molecule has 1 heterocycles. The summed E-state index contributed by atoms with van der Waals surface area (Å²) in [6.45, 7) is 10.2. The van der Waals surface area contributed by atoms with Crippen molar-refractivity contribution in [3.8, 4) is 0 Å². The van der Waals surface area contributed by atoms with Crippen LogP contribution in [0.1, 0.15) is 52.8 Å². The second-order valence-electron chi connectivity index (χ2n) is 7.01. The van der Waals surface area contributed by atoms with Crippen molar-refractivity contribution in [3.05, 3.63) is 40.1 Å². The number of nitrogens with two attached hydrogens (primary N) is 1. The summed E-state index contributed by atoms with van der Waals surface area (Å²) >= 11 is 0. The smallest absolute Gasteiger partial charge is 0.269 e. The Morgan fingerprint density at radius 1 is 1.28 bits per heavy atom. The molecular formula is C17H24N6O2. The summed E-state index contributed by atoms with van der Waals surface area (Å²) in [4.78, 5) is 10.3. The molecule has 25 heavy (non-hydrogen) atoms. The topological polar surface area (TPSA) is 112 Å². The van der Waals surface area contributed by atoms with Gasteiger partial charge in [0.1, 0.15) is 5.82 Å². The molecular weight excluding hydrogens is 320 g/mol. The molecule has 1 aromatic heterocycles. The number of nitro benzene ring substituents is 1. The Kier molecular flexibility index (Phi) is 5.20. The standard InChI is InChI=1S/C17H24N6O2/c1-6-11(2)22-16(18)14(15(21-22)17(3,4)5)20-19-12-7-9-13(10-8-12)23(24)25/h7-11H,6,18H2,1-5H3. The fourth-order valence-electron chi connectivity index (χ4n) is 2.30. The number of non-ortho nitro benzene ring substituents is 1. The third-order valence-corrected chi connectivity index (χ3v) is 3.97. The maximum absolute atomic E-state index is 10.7. The Morgan fingerprint density at radius 2 is 1.88 bits per heavy atom. The largest absolute Gasteiger partial charge is 0.382 e. The fourth-order valence-corrected chi connectivity index (χ4v) is 2.30. The average molecular weight is 344 g/mol. The molecule has 0 saturated heterocycles. The van der Waals surface area contributed by atoms with Gasteiger partial charge in [-0.15, -0.1) is 5.11 Å². The van der Waals surface area contributed by atoms with Crippen molar-refractivity contribution < 1.29 is 4.92 Å². The van der Waals surface area contributed by atoms with E-state index in [-0.39, 0.29) is 17.1 Å². The van der Waals surface area contributed by atoms with Crippen molar-refractivity contribution in [2.45, 2.75) is 52.5 Å². The van der Waals surface area contributed by atoms with Crippen LogP contribution in [0.2, 0.25) is 0 Å². The van der Waals surface area contributed by atoms with E-state index in [0.717, 1.165) is 12.1 Å². The van der Waals surface area contributed by atoms with Crippen molar-refractivity contribution in [2.75, 3.05) is 5.73 Å². The molecule has 0 amide bonds. The van der Waals surface area contributed by atoms with Crippen LogP contribution in [0, 0.1) is 10.1 Å². The SMILES string of the molecule is CCC(C)n1nc(C(C)(C)C)c(N=Nc2ccc([N+](=O)[O-])cc2)c1N. The minimum Gasteiger partial charge on any atom is -0.382 e. The Balaban J connectivity index is 2.43. The summed E-state index contributed by atoms with van der Waals surface area (Å²) in [5.41, 5.74) is 7.87. The number of nitrogen functional groups attached to an aromatic ring is 1. The van der Waals surface area contributed by atoms with E-state index >= 15 is 0 Å². The van der Waals surface area contributed by atoms with Crippen molar-refractivity contribution in [1.29, 1.82) is 0 Å². The number of rotatable bonds is 5. The van der Waals surface area contributed by atoms with E-state index in [1.165, 1.54) is 12.1 Å². The maximum atomic E-state index is 10.7. The number of nitrogens with zero attached hydrogens (tertiary/aromatic N) is 5. The number of aromatic nitrogens is 2. The van der Waals surface area contributed by atoms with E-state index in [9.17, 15) is 10.1 Å². The highest BCUT2D eigenvalue weighted by Crippen LogP contribution is 2.38. The molecule has 134 valence electrons. The Morgan fingerprint density at radius 3 is 2.36 bits per heavy atom. The Bertz CT molecular complexity index is 787. The van der Waals surface area contributed by atoms with E-state index in [2.05, 4.69) is 22.3 Å². The van der Waals surface area contributed by atoms with Crippen LogP contribution in [0.3, 0.4) is 0 Å². The minimum absolute atomic E-state index is 0.0124. The van der Waals surface area contributed by atoms with Gasteiger partial charge in [-0.3, -0.25) is 10.1 Å². The predicted molar refractivity (Wildman–Crippen MR) is 97.6 cm³/mol. The number of nitro groups is 1. The lowest BCUT2D eigenvalue weighted by molar-refractivity contribution is -0.384. The van der Waals surface area contributed by atoms with Crippen LogP contribution in [-0.2, 0) is 5.41 Å². The van der Waals surface area contributed by atoms with E-state index in [0.29, 0.717) is 17.2 Å². The summed E-state index contributed by atoms with van der Waals surface area (Å²) in [7, 11) is 0. The first-order valence-corrected chi connectivity index (χ1v) is 8.19. The van der Waals surface area contributed by atoms with Crippen LogP contribution < -0.4 is 5.73 Å². The number of benzene rings is 1. The fraction of sp³-hybridized carbons (Fsp3) is 0.471. The molecule has 2 rings (SSSR count). The van der Waals surface area contributed by atoms with Crippen LogP contribution in [-0.4, -0.2) is 14.7 Å². The molecule has 0 aliphatic carbocycles. The average Bonchev–Trinajstić information content (AvgIpc) is 2.89. The van der Waals surface area contributed by atoms with Crippen LogP contribution >= 0.6 is 0 Å². The first-order valence-electron chi connectivity index (χ1n) is 8.19. The molecule has 1 atom stereocenters. The molecule has 8 nitrogen and oxygen atoms in total. The van der Waals surface area contributed by atoms with Crippen LogP contribution in [0.25, 0.3) is 0 Å². The summed E-state index contributed by atoms with van der Waals surface area (Å²) in [6, 6.07) is 6.04. The van der Waals surface area contributed by atoms with E-state index < -0.39 is 4.92 Å². The van der Waals surface area contributed by atoms with Gasteiger partial charge in [-0.1, -0.05) is 27.7 Å². The zero-order chi connectivity index (χ0) is 18.8. The van der Waals surface area contributed by atoms with Crippen LogP contribution in [0.5, 0.6) is 0 Å². The van der Waals surface area contributed by atoms with E-state index in [4.69, 9.17) is 5.73 Å². The highest BCUT2D eigenvalue weighted by molar-refractivity contribution is 5.63. The number of anilines is 1. The maximum Gasteiger partial charge on any atom is 0.269 e. The third kappa shape index (κ3) is 4.01. The van der Waals surface area contributed by atoms with Gasteiger partial charge in [-0.2, -0.15) is 10.2 Å². The first-order chi connectivity index (χ1) is 11.6. The third-order valence-electron chi connectivity index (χ3n) is 3.97. The second-order valence-corrected chi connectivity index (χ2v) is 7.01. The Labute approximate surface area is 146 Å². The molecule has 0 aliphatic rings. The summed E-state index contributed by atoms with van der Waals surface area (Å²) < 4.78 is 1.78. The molecule has 1 unspecified atom stereocenters. The molecule has 0 radical (unpaired) electrons. The van der Waals surface area contributed by atoms with Crippen molar-refractivity contribution >= 4 is 22.9 Å². The predicted octanol–water partition coefficient (Wildman–Crippen LogP) is 5.06.